The molecule has 27 heavy (non-hydrogen) atoms. The second-order valence-corrected chi connectivity index (χ2v) is 8.03. The van der Waals surface area contributed by atoms with Crippen LogP contribution < -0.4 is 10.5 Å². The van der Waals surface area contributed by atoms with E-state index in [2.05, 4.69) is 11.9 Å². The molecule has 0 spiro atoms. The van der Waals surface area contributed by atoms with Gasteiger partial charge in [0.15, 0.2) is 0 Å². The first-order chi connectivity index (χ1) is 12.0. The number of thiazole rings is 1. The molecule has 150 valence electrons. The summed E-state index contributed by atoms with van der Waals surface area (Å²) in [5, 5.41) is 2.83. The zero-order chi connectivity index (χ0) is 17.9. The molecule has 1 aliphatic rings. The number of hydrogen-bond donors (Lipinski definition) is 1. The highest BCUT2D eigenvalue weighted by Gasteiger charge is 2.34. The van der Waals surface area contributed by atoms with Gasteiger partial charge in [-0.25, -0.2) is 4.98 Å². The first kappa shape index (κ1) is 23.7. The molecule has 1 atom stereocenters. The minimum atomic E-state index is 0. The van der Waals surface area contributed by atoms with E-state index in [9.17, 15) is 4.79 Å². The number of ether oxygens (including phenoxy) is 1. The van der Waals surface area contributed by atoms with Gasteiger partial charge in [0.25, 0.3) is 0 Å². The normalized spacial score (nSPS) is 18.6. The van der Waals surface area contributed by atoms with E-state index in [1.807, 2.05) is 41.5 Å². The molecule has 0 saturated carbocycles. The molecule has 2 N–H and O–H groups in total. The molecule has 5 nitrogen and oxygen atoms in total. The van der Waals surface area contributed by atoms with E-state index in [0.717, 1.165) is 36.0 Å². The van der Waals surface area contributed by atoms with Gasteiger partial charge in [-0.3, -0.25) is 4.79 Å². The second kappa shape index (κ2) is 10.3. The number of carbonyl (C=O) groups excluding carboxylic acids is 1. The molecular formula is C19H27Cl2N3O2S. The SMILES string of the molecule is Cc1ccc(OCc2nc(CC(=O)N3CCC(C)(CN)C3)cs2)cc1.Cl.Cl. The summed E-state index contributed by atoms with van der Waals surface area (Å²) in [5.41, 5.74) is 7.90. The number of aromatic nitrogens is 1. The summed E-state index contributed by atoms with van der Waals surface area (Å²) in [4.78, 5) is 18.9. The van der Waals surface area contributed by atoms with Crippen LogP contribution in [0.1, 0.15) is 29.6 Å². The summed E-state index contributed by atoms with van der Waals surface area (Å²) in [6, 6.07) is 7.95. The Morgan fingerprint density at radius 1 is 1.33 bits per heavy atom. The zero-order valence-electron chi connectivity index (χ0n) is 15.6. The second-order valence-electron chi connectivity index (χ2n) is 7.09. The average Bonchev–Trinajstić information content (AvgIpc) is 3.22. The van der Waals surface area contributed by atoms with Crippen molar-refractivity contribution in [1.82, 2.24) is 9.88 Å². The number of nitrogens with zero attached hydrogens (tertiary/aromatic N) is 2. The number of amides is 1. The van der Waals surface area contributed by atoms with Crippen LogP contribution in [0.25, 0.3) is 0 Å². The summed E-state index contributed by atoms with van der Waals surface area (Å²) in [7, 11) is 0. The molecular weight excluding hydrogens is 405 g/mol. The van der Waals surface area contributed by atoms with E-state index in [1.165, 1.54) is 16.9 Å². The van der Waals surface area contributed by atoms with Crippen LogP contribution in [0, 0.1) is 12.3 Å². The lowest BCUT2D eigenvalue weighted by molar-refractivity contribution is -0.129. The van der Waals surface area contributed by atoms with Crippen LogP contribution in [0.5, 0.6) is 5.75 Å². The molecule has 0 bridgehead atoms. The van der Waals surface area contributed by atoms with E-state index in [4.69, 9.17) is 10.5 Å². The zero-order valence-corrected chi connectivity index (χ0v) is 18.1. The van der Waals surface area contributed by atoms with E-state index < -0.39 is 0 Å². The Bertz CT molecular complexity index is 739. The molecule has 1 fully saturated rings. The highest BCUT2D eigenvalue weighted by Crippen LogP contribution is 2.29. The summed E-state index contributed by atoms with van der Waals surface area (Å²) < 4.78 is 5.75. The van der Waals surface area contributed by atoms with Crippen molar-refractivity contribution in [3.05, 3.63) is 45.9 Å². The number of aryl methyl sites for hydroxylation is 1. The third kappa shape index (κ3) is 6.35. The highest BCUT2D eigenvalue weighted by molar-refractivity contribution is 7.09. The molecule has 0 aliphatic carbocycles. The van der Waals surface area contributed by atoms with Gasteiger partial charge < -0.3 is 15.4 Å². The summed E-state index contributed by atoms with van der Waals surface area (Å²) in [6.45, 7) is 6.77. The van der Waals surface area contributed by atoms with Crippen LogP contribution in [0.2, 0.25) is 0 Å². The van der Waals surface area contributed by atoms with Crippen molar-refractivity contribution >= 4 is 42.1 Å². The smallest absolute Gasteiger partial charge is 0.228 e. The standard InChI is InChI=1S/C19H25N3O2S.2ClH/c1-14-3-5-16(6-4-14)24-10-17-21-15(11-25-17)9-18(23)22-8-7-19(2,12-20)13-22;;/h3-6,11H,7-10,12-13,20H2,1-2H3;2*1H. The average molecular weight is 432 g/mol. The fourth-order valence-electron chi connectivity index (χ4n) is 2.95. The Labute approximate surface area is 177 Å². The van der Waals surface area contributed by atoms with Crippen molar-refractivity contribution in [2.75, 3.05) is 19.6 Å². The first-order valence-corrected chi connectivity index (χ1v) is 9.46. The van der Waals surface area contributed by atoms with Gasteiger partial charge in [-0.2, -0.15) is 0 Å². The molecule has 8 heteroatoms. The molecule has 1 aromatic carbocycles. The fraction of sp³-hybridized carbons (Fsp3) is 0.474. The molecule has 3 rings (SSSR count). The van der Waals surface area contributed by atoms with Gasteiger partial charge in [-0.05, 0) is 37.4 Å². The lowest BCUT2D eigenvalue weighted by Gasteiger charge is -2.22. The molecule has 0 radical (unpaired) electrons. The van der Waals surface area contributed by atoms with Crippen molar-refractivity contribution in [2.24, 2.45) is 11.1 Å². The van der Waals surface area contributed by atoms with Gasteiger partial charge in [0.2, 0.25) is 5.91 Å². The van der Waals surface area contributed by atoms with Crippen LogP contribution >= 0.6 is 36.2 Å². The minimum Gasteiger partial charge on any atom is -0.486 e. The van der Waals surface area contributed by atoms with E-state index in [0.29, 0.717) is 19.6 Å². The summed E-state index contributed by atoms with van der Waals surface area (Å²) in [5.74, 6) is 0.963. The number of halogens is 2. The van der Waals surface area contributed by atoms with Crippen LogP contribution in [0.15, 0.2) is 29.6 Å². The Kier molecular flexibility index (Phi) is 9.02. The molecule has 2 heterocycles. The lowest BCUT2D eigenvalue weighted by Crippen LogP contribution is -2.35. The third-order valence-electron chi connectivity index (χ3n) is 4.72. The molecule has 1 saturated heterocycles. The maximum absolute atomic E-state index is 12.5. The topological polar surface area (TPSA) is 68.5 Å². The molecule has 2 aromatic rings. The largest absolute Gasteiger partial charge is 0.486 e. The minimum absolute atomic E-state index is 0. The van der Waals surface area contributed by atoms with E-state index in [1.54, 1.807) is 0 Å². The Morgan fingerprint density at radius 2 is 2.04 bits per heavy atom. The Morgan fingerprint density at radius 3 is 2.67 bits per heavy atom. The van der Waals surface area contributed by atoms with Crippen molar-refractivity contribution in [3.63, 3.8) is 0 Å². The number of benzene rings is 1. The lowest BCUT2D eigenvalue weighted by atomic mass is 9.90. The number of likely N-dealkylation sites (tertiary alicyclic amines) is 1. The van der Waals surface area contributed by atoms with Gasteiger partial charge in [0, 0.05) is 18.5 Å². The van der Waals surface area contributed by atoms with E-state index in [-0.39, 0.29) is 36.1 Å². The predicted octanol–water partition coefficient (Wildman–Crippen LogP) is 3.61. The van der Waals surface area contributed by atoms with Gasteiger partial charge in [-0.15, -0.1) is 36.2 Å². The molecule has 1 aliphatic heterocycles. The first-order valence-electron chi connectivity index (χ1n) is 8.58. The van der Waals surface area contributed by atoms with Crippen LogP contribution in [0.4, 0.5) is 0 Å². The highest BCUT2D eigenvalue weighted by atomic mass is 35.5. The molecule has 1 aromatic heterocycles. The summed E-state index contributed by atoms with van der Waals surface area (Å²) in [6.07, 6.45) is 1.32. The van der Waals surface area contributed by atoms with Crippen molar-refractivity contribution in [1.29, 1.82) is 0 Å². The maximum atomic E-state index is 12.5. The molecule has 1 unspecified atom stereocenters. The van der Waals surface area contributed by atoms with Crippen molar-refractivity contribution < 1.29 is 9.53 Å². The summed E-state index contributed by atoms with van der Waals surface area (Å²) >= 11 is 1.53. The van der Waals surface area contributed by atoms with E-state index >= 15 is 0 Å². The number of hydrogen-bond acceptors (Lipinski definition) is 5. The Balaban J connectivity index is 0.00000182. The maximum Gasteiger partial charge on any atom is 0.228 e. The van der Waals surface area contributed by atoms with Gasteiger partial charge in [-0.1, -0.05) is 24.6 Å². The number of carbonyl (C=O) groups is 1. The quantitative estimate of drug-likeness (QED) is 0.757. The van der Waals surface area contributed by atoms with Gasteiger partial charge >= 0.3 is 0 Å². The Hall–Kier alpha value is -1.34. The fourth-order valence-corrected chi connectivity index (χ4v) is 3.65. The monoisotopic (exact) mass is 431 g/mol. The van der Waals surface area contributed by atoms with Gasteiger partial charge in [0.05, 0.1) is 12.1 Å². The van der Waals surface area contributed by atoms with Crippen molar-refractivity contribution in [2.45, 2.75) is 33.3 Å². The van der Waals surface area contributed by atoms with Crippen LogP contribution in [0.3, 0.4) is 0 Å². The van der Waals surface area contributed by atoms with Crippen molar-refractivity contribution in [3.8, 4) is 5.75 Å². The predicted molar refractivity (Wildman–Crippen MR) is 114 cm³/mol. The van der Waals surface area contributed by atoms with Gasteiger partial charge in [0.1, 0.15) is 17.4 Å². The number of nitrogens with two attached hydrogens (primary N) is 1. The third-order valence-corrected chi connectivity index (χ3v) is 5.59. The number of rotatable bonds is 6. The molecule has 1 amide bonds. The van der Waals surface area contributed by atoms with Crippen LogP contribution in [-0.2, 0) is 17.8 Å². The van der Waals surface area contributed by atoms with Crippen LogP contribution in [-0.4, -0.2) is 35.4 Å².